The third-order valence-electron chi connectivity index (χ3n) is 1.71. The second-order valence-electron chi connectivity index (χ2n) is 3.12. The minimum absolute atomic E-state index is 0.562. The van der Waals surface area contributed by atoms with Gasteiger partial charge in [-0.05, 0) is 19.3 Å². The van der Waals surface area contributed by atoms with Crippen LogP contribution in [0.5, 0.6) is 0 Å². The second-order valence-corrected chi connectivity index (χ2v) is 3.12. The highest BCUT2D eigenvalue weighted by Gasteiger charge is 2.06. The summed E-state index contributed by atoms with van der Waals surface area (Å²) >= 11 is 0. The van der Waals surface area contributed by atoms with E-state index in [-0.39, 0.29) is 0 Å². The van der Waals surface area contributed by atoms with Gasteiger partial charge in [-0.25, -0.2) is 0 Å². The molecule has 0 aromatic rings. The first-order chi connectivity index (χ1) is 4.79. The molecule has 1 aliphatic rings. The molecule has 1 radical (unpaired) electrons. The van der Waals surface area contributed by atoms with Crippen LogP contribution in [0.2, 0.25) is 0 Å². The van der Waals surface area contributed by atoms with Crippen LogP contribution in [0.15, 0.2) is 12.2 Å². The topological polar surface area (TPSA) is 3.24 Å². The summed E-state index contributed by atoms with van der Waals surface area (Å²) in [6.07, 6.45) is 5.71. The number of rotatable bonds is 2. The molecule has 0 saturated carbocycles. The molecule has 10 heavy (non-hydrogen) atoms. The molecule has 1 rings (SSSR count). The molecule has 0 aromatic carbocycles. The Bertz CT molecular complexity index is 116. The van der Waals surface area contributed by atoms with Crippen molar-refractivity contribution in [3.8, 4) is 0 Å². The molecule has 57 valence electrons. The zero-order valence-corrected chi connectivity index (χ0v) is 6.71. The molecule has 1 heteroatoms. The van der Waals surface area contributed by atoms with Crippen LogP contribution in [-0.4, -0.2) is 24.5 Å². The molecule has 0 fully saturated rings. The van der Waals surface area contributed by atoms with E-state index in [1.54, 1.807) is 0 Å². The van der Waals surface area contributed by atoms with Crippen LogP contribution < -0.4 is 0 Å². The maximum atomic E-state index is 3.97. The summed E-state index contributed by atoms with van der Waals surface area (Å²) in [6.45, 7) is 9.62. The van der Waals surface area contributed by atoms with Gasteiger partial charge in [0.1, 0.15) is 0 Å². The highest BCUT2D eigenvalue weighted by atomic mass is 15.1. The summed E-state index contributed by atoms with van der Waals surface area (Å²) < 4.78 is 0. The van der Waals surface area contributed by atoms with E-state index < -0.39 is 0 Å². The van der Waals surface area contributed by atoms with Crippen LogP contribution in [0, 0.1) is 12.8 Å². The summed E-state index contributed by atoms with van der Waals surface area (Å²) in [5.41, 5.74) is 0. The van der Waals surface area contributed by atoms with Gasteiger partial charge in [0.05, 0.1) is 0 Å². The van der Waals surface area contributed by atoms with E-state index in [9.17, 15) is 0 Å². The summed E-state index contributed by atoms with van der Waals surface area (Å²) in [4.78, 5) is 2.44. The van der Waals surface area contributed by atoms with Gasteiger partial charge in [-0.15, -0.1) is 0 Å². The standard InChI is InChI=1S/C9H16N/c1-9(2)8-10-6-4-3-5-7-10/h3-4,9H,1,5-8H2,2H3. The van der Waals surface area contributed by atoms with Crippen molar-refractivity contribution in [3.05, 3.63) is 19.1 Å². The monoisotopic (exact) mass is 138 g/mol. The smallest absolute Gasteiger partial charge is 0.0163 e. The van der Waals surface area contributed by atoms with E-state index in [1.165, 1.54) is 13.0 Å². The van der Waals surface area contributed by atoms with Gasteiger partial charge in [0.25, 0.3) is 0 Å². The number of hydrogen-bond acceptors (Lipinski definition) is 1. The van der Waals surface area contributed by atoms with Gasteiger partial charge in [-0.3, -0.25) is 4.90 Å². The Morgan fingerprint density at radius 1 is 1.60 bits per heavy atom. The van der Waals surface area contributed by atoms with E-state index >= 15 is 0 Å². The predicted octanol–water partition coefficient (Wildman–Crippen LogP) is 1.72. The lowest BCUT2D eigenvalue weighted by atomic mass is 10.2. The molecule has 1 aliphatic heterocycles. The normalized spacial score (nSPS) is 20.3. The van der Waals surface area contributed by atoms with Crippen molar-refractivity contribution in [2.75, 3.05) is 19.6 Å². The summed E-state index contributed by atoms with van der Waals surface area (Å²) in [5, 5.41) is 0. The van der Waals surface area contributed by atoms with Crippen molar-refractivity contribution in [1.29, 1.82) is 0 Å². The van der Waals surface area contributed by atoms with Crippen LogP contribution in [0.25, 0.3) is 0 Å². The van der Waals surface area contributed by atoms with Gasteiger partial charge in [-0.1, -0.05) is 19.1 Å². The van der Waals surface area contributed by atoms with Gasteiger partial charge < -0.3 is 0 Å². The van der Waals surface area contributed by atoms with Crippen molar-refractivity contribution >= 4 is 0 Å². The van der Waals surface area contributed by atoms with Crippen LogP contribution in [0.3, 0.4) is 0 Å². The zero-order chi connectivity index (χ0) is 7.40. The minimum Gasteiger partial charge on any atom is -0.299 e. The highest BCUT2D eigenvalue weighted by Crippen LogP contribution is 2.03. The first-order valence-corrected chi connectivity index (χ1v) is 3.99. The van der Waals surface area contributed by atoms with Gasteiger partial charge in [0, 0.05) is 19.6 Å². The predicted molar refractivity (Wildman–Crippen MR) is 44.7 cm³/mol. The molecular weight excluding hydrogens is 122 g/mol. The largest absolute Gasteiger partial charge is 0.299 e. The van der Waals surface area contributed by atoms with Gasteiger partial charge in [-0.2, -0.15) is 0 Å². The molecule has 0 N–H and O–H groups in total. The van der Waals surface area contributed by atoms with Crippen LogP contribution >= 0.6 is 0 Å². The molecule has 0 aliphatic carbocycles. The van der Waals surface area contributed by atoms with Crippen molar-refractivity contribution in [1.82, 2.24) is 4.90 Å². The van der Waals surface area contributed by atoms with Gasteiger partial charge in [0.2, 0.25) is 0 Å². The maximum absolute atomic E-state index is 3.97. The Labute approximate surface area is 63.7 Å². The molecule has 1 atom stereocenters. The lowest BCUT2D eigenvalue weighted by Crippen LogP contribution is -2.30. The average Bonchev–Trinajstić information content (AvgIpc) is 1.88. The molecular formula is C9H16N. The molecule has 1 nitrogen and oxygen atoms in total. The Hall–Kier alpha value is -0.300. The van der Waals surface area contributed by atoms with E-state index in [4.69, 9.17) is 0 Å². The lowest BCUT2D eigenvalue weighted by Gasteiger charge is -2.24. The third-order valence-corrected chi connectivity index (χ3v) is 1.71. The number of hydrogen-bond donors (Lipinski definition) is 0. The molecule has 0 bridgehead atoms. The number of nitrogens with zero attached hydrogens (tertiary/aromatic N) is 1. The van der Waals surface area contributed by atoms with Crippen molar-refractivity contribution < 1.29 is 0 Å². The second kappa shape index (κ2) is 3.77. The minimum atomic E-state index is 0.562. The van der Waals surface area contributed by atoms with Crippen molar-refractivity contribution in [3.63, 3.8) is 0 Å². The SMILES string of the molecule is [CH2]C(C)CN1CC=CCC1. The fourth-order valence-corrected chi connectivity index (χ4v) is 1.30. The van der Waals surface area contributed by atoms with Gasteiger partial charge in [0.15, 0.2) is 0 Å². The van der Waals surface area contributed by atoms with E-state index in [0.717, 1.165) is 13.1 Å². The summed E-state index contributed by atoms with van der Waals surface area (Å²) in [5.74, 6) is 0.562. The Kier molecular flexibility index (Phi) is 2.94. The molecule has 0 saturated heterocycles. The first-order valence-electron chi connectivity index (χ1n) is 3.99. The third kappa shape index (κ3) is 2.53. The Morgan fingerprint density at radius 3 is 2.90 bits per heavy atom. The Morgan fingerprint density at radius 2 is 2.40 bits per heavy atom. The highest BCUT2D eigenvalue weighted by molar-refractivity contribution is 4.90. The Balaban J connectivity index is 2.22. The molecule has 1 heterocycles. The summed E-state index contributed by atoms with van der Waals surface area (Å²) in [6, 6.07) is 0. The first kappa shape index (κ1) is 7.80. The zero-order valence-electron chi connectivity index (χ0n) is 6.71. The fourth-order valence-electron chi connectivity index (χ4n) is 1.30. The summed E-state index contributed by atoms with van der Waals surface area (Å²) in [7, 11) is 0. The molecule has 1 unspecified atom stereocenters. The lowest BCUT2D eigenvalue weighted by molar-refractivity contribution is 0.275. The van der Waals surface area contributed by atoms with E-state index in [2.05, 4.69) is 30.9 Å². The van der Waals surface area contributed by atoms with E-state index in [1.807, 2.05) is 0 Å². The van der Waals surface area contributed by atoms with Crippen molar-refractivity contribution in [2.24, 2.45) is 5.92 Å². The van der Waals surface area contributed by atoms with E-state index in [0.29, 0.717) is 5.92 Å². The van der Waals surface area contributed by atoms with Crippen LogP contribution in [-0.2, 0) is 0 Å². The van der Waals surface area contributed by atoms with Gasteiger partial charge >= 0.3 is 0 Å². The molecule has 0 spiro atoms. The van der Waals surface area contributed by atoms with Crippen LogP contribution in [0.1, 0.15) is 13.3 Å². The van der Waals surface area contributed by atoms with Crippen LogP contribution in [0.4, 0.5) is 0 Å². The quantitative estimate of drug-likeness (QED) is 0.525. The fraction of sp³-hybridized carbons (Fsp3) is 0.667. The maximum Gasteiger partial charge on any atom is 0.0163 e. The average molecular weight is 138 g/mol. The van der Waals surface area contributed by atoms with Crippen molar-refractivity contribution in [2.45, 2.75) is 13.3 Å². The molecule has 0 amide bonds. The molecule has 0 aromatic heterocycles.